The number of benzene rings is 2. The van der Waals surface area contributed by atoms with Gasteiger partial charge < -0.3 is 15.5 Å². The molecule has 4 heteroatoms. The van der Waals surface area contributed by atoms with E-state index >= 15 is 0 Å². The molecule has 0 aliphatic heterocycles. The van der Waals surface area contributed by atoms with Crippen LogP contribution < -0.4 is 5.32 Å². The third-order valence-electron chi connectivity index (χ3n) is 3.01. The fraction of sp³-hybridized carbons (Fsp3) is 0.267. The molecule has 0 aliphatic rings. The first-order chi connectivity index (χ1) is 9.16. The lowest BCUT2D eigenvalue weighted by atomic mass is 10.0. The molecule has 0 saturated heterocycles. The minimum absolute atomic E-state index is 0.0600. The summed E-state index contributed by atoms with van der Waals surface area (Å²) in [6.45, 7) is 0.714. The van der Waals surface area contributed by atoms with Crippen molar-refractivity contribution in [2.45, 2.75) is 12.5 Å². The highest BCUT2D eigenvalue weighted by atomic mass is 16.4. The Morgan fingerprint density at radius 1 is 1.16 bits per heavy atom. The van der Waals surface area contributed by atoms with E-state index in [1.54, 1.807) is 0 Å². The van der Waals surface area contributed by atoms with Crippen LogP contribution in [0.4, 0.5) is 0 Å². The highest BCUT2D eigenvalue weighted by Crippen LogP contribution is 2.19. The van der Waals surface area contributed by atoms with E-state index in [4.69, 9.17) is 5.11 Å². The van der Waals surface area contributed by atoms with Gasteiger partial charge in [0.2, 0.25) is 0 Å². The van der Waals surface area contributed by atoms with Crippen molar-refractivity contribution in [1.29, 1.82) is 0 Å². The van der Waals surface area contributed by atoms with Crippen molar-refractivity contribution in [2.24, 2.45) is 0 Å². The van der Waals surface area contributed by atoms with E-state index in [1.165, 1.54) is 0 Å². The Bertz CT molecular complexity index is 568. The Labute approximate surface area is 111 Å². The van der Waals surface area contributed by atoms with E-state index in [0.29, 0.717) is 13.1 Å². The normalized spacial score (nSPS) is 12.5. The number of fused-ring (bicyclic) bond motifs is 1. The minimum atomic E-state index is -0.840. The molecule has 0 saturated carbocycles. The molecule has 0 amide bonds. The summed E-state index contributed by atoms with van der Waals surface area (Å²) < 4.78 is 0. The second kappa shape index (κ2) is 6.31. The van der Waals surface area contributed by atoms with Gasteiger partial charge in [-0.05, 0) is 22.4 Å². The number of carbonyl (C=O) groups is 1. The van der Waals surface area contributed by atoms with Crippen LogP contribution in [0.2, 0.25) is 0 Å². The average Bonchev–Trinajstić information content (AvgIpc) is 2.42. The molecule has 0 bridgehead atoms. The molecule has 2 aromatic rings. The monoisotopic (exact) mass is 259 g/mol. The molecule has 100 valence electrons. The van der Waals surface area contributed by atoms with Gasteiger partial charge >= 0.3 is 5.97 Å². The first kappa shape index (κ1) is 13.5. The van der Waals surface area contributed by atoms with Gasteiger partial charge in [0, 0.05) is 13.1 Å². The fourth-order valence-electron chi connectivity index (χ4n) is 1.97. The first-order valence-corrected chi connectivity index (χ1v) is 6.26. The topological polar surface area (TPSA) is 69.6 Å². The molecule has 0 fully saturated rings. The van der Waals surface area contributed by atoms with Crippen LogP contribution in [0.25, 0.3) is 10.8 Å². The number of carboxylic acids is 1. The van der Waals surface area contributed by atoms with Crippen LogP contribution in [-0.4, -0.2) is 29.3 Å². The Kier molecular flexibility index (Phi) is 4.49. The minimum Gasteiger partial charge on any atom is -0.481 e. The van der Waals surface area contributed by atoms with Gasteiger partial charge in [-0.25, -0.2) is 0 Å². The molecule has 0 aromatic heterocycles. The zero-order valence-corrected chi connectivity index (χ0v) is 10.5. The van der Waals surface area contributed by atoms with Crippen molar-refractivity contribution in [3.05, 3.63) is 48.0 Å². The molecule has 1 atom stereocenters. The van der Waals surface area contributed by atoms with E-state index in [9.17, 15) is 9.90 Å². The van der Waals surface area contributed by atoms with Crippen molar-refractivity contribution in [1.82, 2.24) is 5.32 Å². The van der Waals surface area contributed by atoms with Gasteiger partial charge in [0.05, 0.1) is 12.5 Å². The van der Waals surface area contributed by atoms with Gasteiger partial charge in [-0.3, -0.25) is 4.79 Å². The summed E-state index contributed by atoms with van der Waals surface area (Å²) in [5, 5.41) is 23.7. The second-order valence-corrected chi connectivity index (χ2v) is 4.47. The summed E-state index contributed by atoms with van der Waals surface area (Å²) in [6.07, 6.45) is -0.567. The Balaban J connectivity index is 1.97. The summed E-state index contributed by atoms with van der Waals surface area (Å²) >= 11 is 0. The molecule has 0 radical (unpaired) electrons. The van der Waals surface area contributed by atoms with Crippen molar-refractivity contribution >= 4 is 16.7 Å². The van der Waals surface area contributed by atoms with Crippen LogP contribution in [-0.2, 0) is 4.79 Å². The van der Waals surface area contributed by atoms with Crippen molar-refractivity contribution < 1.29 is 15.0 Å². The number of nitrogens with one attached hydrogen (secondary N) is 1. The smallest absolute Gasteiger partial charge is 0.304 e. The lowest BCUT2D eigenvalue weighted by Gasteiger charge is -2.12. The van der Waals surface area contributed by atoms with E-state index in [-0.39, 0.29) is 6.42 Å². The Hall–Kier alpha value is -1.91. The van der Waals surface area contributed by atoms with Crippen molar-refractivity contribution in [2.75, 3.05) is 13.1 Å². The molecule has 0 spiro atoms. The zero-order chi connectivity index (χ0) is 13.7. The maximum Gasteiger partial charge on any atom is 0.304 e. The molecule has 0 heterocycles. The summed E-state index contributed by atoms with van der Waals surface area (Å²) in [4.78, 5) is 10.4. The molecular weight excluding hydrogens is 242 g/mol. The van der Waals surface area contributed by atoms with Gasteiger partial charge in [0.25, 0.3) is 0 Å². The van der Waals surface area contributed by atoms with Gasteiger partial charge in [0.1, 0.15) is 0 Å². The van der Waals surface area contributed by atoms with Crippen LogP contribution in [0.1, 0.15) is 18.1 Å². The quantitative estimate of drug-likeness (QED) is 0.693. The summed E-state index contributed by atoms with van der Waals surface area (Å²) in [5.74, 6) is -0.840. The van der Waals surface area contributed by atoms with E-state index in [1.807, 2.05) is 42.5 Å². The number of aliphatic hydroxyl groups is 1. The molecule has 1 unspecified atom stereocenters. The number of aliphatic carboxylic acids is 1. The highest BCUT2D eigenvalue weighted by molar-refractivity contribution is 5.83. The standard InChI is InChI=1S/C15H17NO3/c17-14(10-16-8-7-15(18)19)13-6-5-11-3-1-2-4-12(11)9-13/h1-6,9,14,16-17H,7-8,10H2,(H,18,19). The third kappa shape index (κ3) is 3.77. The predicted octanol–water partition coefficient (Wildman–Crippen LogP) is 1.94. The Morgan fingerprint density at radius 2 is 1.89 bits per heavy atom. The van der Waals surface area contributed by atoms with Gasteiger partial charge in [-0.1, -0.05) is 36.4 Å². The largest absolute Gasteiger partial charge is 0.481 e. The van der Waals surface area contributed by atoms with E-state index < -0.39 is 12.1 Å². The summed E-state index contributed by atoms with van der Waals surface area (Å²) in [7, 11) is 0. The van der Waals surface area contributed by atoms with Crippen molar-refractivity contribution in [3.63, 3.8) is 0 Å². The average molecular weight is 259 g/mol. The van der Waals surface area contributed by atoms with Crippen LogP contribution >= 0.6 is 0 Å². The third-order valence-corrected chi connectivity index (χ3v) is 3.01. The maximum atomic E-state index is 10.4. The van der Waals surface area contributed by atoms with Crippen LogP contribution in [0.5, 0.6) is 0 Å². The second-order valence-electron chi connectivity index (χ2n) is 4.47. The van der Waals surface area contributed by atoms with E-state index in [2.05, 4.69) is 5.32 Å². The molecule has 2 rings (SSSR count). The lowest BCUT2D eigenvalue weighted by Crippen LogP contribution is -2.24. The van der Waals surface area contributed by atoms with Gasteiger partial charge in [-0.2, -0.15) is 0 Å². The first-order valence-electron chi connectivity index (χ1n) is 6.26. The molecule has 0 aliphatic carbocycles. The van der Waals surface area contributed by atoms with Crippen LogP contribution in [0.15, 0.2) is 42.5 Å². The predicted molar refractivity (Wildman–Crippen MR) is 74.0 cm³/mol. The summed E-state index contributed by atoms with van der Waals surface area (Å²) in [6, 6.07) is 13.8. The fourth-order valence-corrected chi connectivity index (χ4v) is 1.97. The SMILES string of the molecule is O=C(O)CCNCC(O)c1ccc2ccccc2c1. The maximum absolute atomic E-state index is 10.4. The molecule has 3 N–H and O–H groups in total. The Morgan fingerprint density at radius 3 is 2.63 bits per heavy atom. The highest BCUT2D eigenvalue weighted by Gasteiger charge is 2.07. The lowest BCUT2D eigenvalue weighted by molar-refractivity contribution is -0.136. The number of hydrogen-bond acceptors (Lipinski definition) is 3. The number of aliphatic hydroxyl groups excluding tert-OH is 1. The molecule has 4 nitrogen and oxygen atoms in total. The molecule has 19 heavy (non-hydrogen) atoms. The van der Waals surface area contributed by atoms with E-state index in [0.717, 1.165) is 16.3 Å². The zero-order valence-electron chi connectivity index (χ0n) is 10.5. The van der Waals surface area contributed by atoms with Gasteiger partial charge in [-0.15, -0.1) is 0 Å². The number of hydrogen-bond donors (Lipinski definition) is 3. The van der Waals surface area contributed by atoms with Crippen molar-refractivity contribution in [3.8, 4) is 0 Å². The molecule has 2 aromatic carbocycles. The number of carboxylic acid groups (broad SMARTS) is 1. The molecular formula is C15H17NO3. The van der Waals surface area contributed by atoms with Crippen LogP contribution in [0.3, 0.4) is 0 Å². The number of rotatable bonds is 6. The van der Waals surface area contributed by atoms with Crippen LogP contribution in [0, 0.1) is 0 Å². The van der Waals surface area contributed by atoms with Gasteiger partial charge in [0.15, 0.2) is 0 Å². The summed E-state index contributed by atoms with van der Waals surface area (Å²) in [5.41, 5.74) is 0.835.